The minimum Gasteiger partial charge on any atom is -0.471 e. The molecule has 13 heteroatoms. The number of alkyl halides is 3. The number of nitrogens with two attached hydrogens (primary N) is 1. The van der Waals surface area contributed by atoms with Gasteiger partial charge in [-0.3, -0.25) is 9.48 Å². The lowest BCUT2D eigenvalue weighted by atomic mass is 10.1. The average Bonchev–Trinajstić information content (AvgIpc) is 3.39. The zero-order chi connectivity index (χ0) is 23.8. The van der Waals surface area contributed by atoms with Crippen molar-refractivity contribution in [3.05, 3.63) is 65.4 Å². The molecule has 0 aliphatic heterocycles. The van der Waals surface area contributed by atoms with Gasteiger partial charge in [-0.2, -0.15) is 23.3 Å². The highest BCUT2D eigenvalue weighted by Gasteiger charge is 2.30. The van der Waals surface area contributed by atoms with Crippen molar-refractivity contribution in [3.63, 3.8) is 0 Å². The molecule has 4 aromatic rings. The molecular weight excluding hydrogens is 448 g/mol. The second-order valence-corrected chi connectivity index (χ2v) is 6.78. The fourth-order valence-electron chi connectivity index (χ4n) is 2.88. The van der Waals surface area contributed by atoms with Gasteiger partial charge in [-0.1, -0.05) is 5.16 Å². The average molecular weight is 462 g/mol. The number of amides is 1. The Morgan fingerprint density at radius 3 is 2.64 bits per heavy atom. The molecule has 0 unspecified atom stereocenters. The molecule has 0 fully saturated rings. The van der Waals surface area contributed by atoms with Crippen LogP contribution in [0.25, 0.3) is 22.8 Å². The Kier molecular flexibility index (Phi) is 5.54. The number of primary amides is 1. The van der Waals surface area contributed by atoms with Gasteiger partial charge in [0.25, 0.3) is 5.89 Å². The standard InChI is InChI=1S/C20H14F4N6O3/c1-30-15(9-32-16-5-3-11(7-26-16)20(22,23)24)13(8-27-30)19-28-18(29-33-19)12-6-10(17(25)31)2-4-14(12)21/h2-8H,9H2,1H3,(H2,25,31). The fourth-order valence-corrected chi connectivity index (χ4v) is 2.88. The van der Waals surface area contributed by atoms with E-state index in [0.717, 1.165) is 18.2 Å². The number of benzene rings is 1. The SMILES string of the molecule is Cn1ncc(-c2nc(-c3cc(C(N)=O)ccc3F)no2)c1COc1ccc(C(F)(F)F)cn1. The van der Waals surface area contributed by atoms with Gasteiger partial charge in [-0.15, -0.1) is 0 Å². The topological polar surface area (TPSA) is 122 Å². The first-order valence-electron chi connectivity index (χ1n) is 9.24. The van der Waals surface area contributed by atoms with Crippen LogP contribution in [0, 0.1) is 5.82 Å². The van der Waals surface area contributed by atoms with Gasteiger partial charge >= 0.3 is 6.18 Å². The third-order valence-electron chi connectivity index (χ3n) is 4.63. The maximum Gasteiger partial charge on any atom is 0.417 e. The maximum absolute atomic E-state index is 14.2. The Morgan fingerprint density at radius 2 is 1.97 bits per heavy atom. The molecule has 1 aromatic carbocycles. The summed E-state index contributed by atoms with van der Waals surface area (Å²) >= 11 is 0. The summed E-state index contributed by atoms with van der Waals surface area (Å²) < 4.78 is 64.4. The van der Waals surface area contributed by atoms with Crippen LogP contribution >= 0.6 is 0 Å². The van der Waals surface area contributed by atoms with Gasteiger partial charge in [0, 0.05) is 24.9 Å². The zero-order valence-electron chi connectivity index (χ0n) is 16.8. The van der Waals surface area contributed by atoms with Crippen LogP contribution in [0.2, 0.25) is 0 Å². The maximum atomic E-state index is 14.2. The monoisotopic (exact) mass is 462 g/mol. The van der Waals surface area contributed by atoms with Gasteiger partial charge in [0.2, 0.25) is 17.6 Å². The Bertz CT molecular complexity index is 1310. The number of hydrogen-bond acceptors (Lipinski definition) is 7. The van der Waals surface area contributed by atoms with Crippen LogP contribution in [0.5, 0.6) is 5.88 Å². The van der Waals surface area contributed by atoms with Gasteiger partial charge in [0.15, 0.2) is 0 Å². The van der Waals surface area contributed by atoms with Crippen LogP contribution < -0.4 is 10.5 Å². The van der Waals surface area contributed by atoms with Crippen LogP contribution in [0.3, 0.4) is 0 Å². The Morgan fingerprint density at radius 1 is 1.18 bits per heavy atom. The van der Waals surface area contributed by atoms with Crippen LogP contribution in [0.1, 0.15) is 21.6 Å². The summed E-state index contributed by atoms with van der Waals surface area (Å²) in [7, 11) is 1.61. The molecule has 0 saturated carbocycles. The predicted molar refractivity (Wildman–Crippen MR) is 104 cm³/mol. The van der Waals surface area contributed by atoms with Crippen molar-refractivity contribution in [3.8, 4) is 28.7 Å². The molecule has 0 aliphatic carbocycles. The Balaban J connectivity index is 1.57. The van der Waals surface area contributed by atoms with Crippen molar-refractivity contribution >= 4 is 5.91 Å². The van der Waals surface area contributed by atoms with Crippen molar-refractivity contribution < 1.29 is 31.6 Å². The molecule has 3 aromatic heterocycles. The van der Waals surface area contributed by atoms with Gasteiger partial charge in [-0.25, -0.2) is 9.37 Å². The van der Waals surface area contributed by atoms with Crippen LogP contribution in [-0.2, 0) is 19.8 Å². The van der Waals surface area contributed by atoms with E-state index in [2.05, 4.69) is 20.2 Å². The molecule has 3 heterocycles. The van der Waals surface area contributed by atoms with Gasteiger partial charge in [0.1, 0.15) is 12.4 Å². The third-order valence-corrected chi connectivity index (χ3v) is 4.63. The van der Waals surface area contributed by atoms with E-state index < -0.39 is 23.5 Å². The smallest absolute Gasteiger partial charge is 0.417 e. The Hall–Kier alpha value is -4.29. The summed E-state index contributed by atoms with van der Waals surface area (Å²) in [6.45, 7) is -0.132. The number of aromatic nitrogens is 5. The lowest BCUT2D eigenvalue weighted by molar-refractivity contribution is -0.137. The van der Waals surface area contributed by atoms with Gasteiger partial charge in [0.05, 0.1) is 28.6 Å². The highest BCUT2D eigenvalue weighted by atomic mass is 19.4. The first-order chi connectivity index (χ1) is 15.6. The fraction of sp³-hybridized carbons (Fsp3) is 0.150. The largest absolute Gasteiger partial charge is 0.471 e. The van der Waals surface area contributed by atoms with E-state index in [0.29, 0.717) is 17.5 Å². The molecule has 0 bridgehead atoms. The molecule has 1 amide bonds. The summed E-state index contributed by atoms with van der Waals surface area (Å²) in [6.07, 6.45) is -2.43. The Labute approximate surface area is 182 Å². The first kappa shape index (κ1) is 21.9. The first-order valence-corrected chi connectivity index (χ1v) is 9.24. The summed E-state index contributed by atoms with van der Waals surface area (Å²) in [5, 5.41) is 7.84. The summed E-state index contributed by atoms with van der Waals surface area (Å²) in [6, 6.07) is 5.44. The second kappa shape index (κ2) is 8.33. The molecule has 0 aliphatic rings. The van der Waals surface area contributed by atoms with Crippen molar-refractivity contribution in [1.29, 1.82) is 0 Å². The zero-order valence-corrected chi connectivity index (χ0v) is 16.8. The lowest BCUT2D eigenvalue weighted by Crippen LogP contribution is -2.11. The highest BCUT2D eigenvalue weighted by Crippen LogP contribution is 2.30. The quantitative estimate of drug-likeness (QED) is 0.436. The van der Waals surface area contributed by atoms with E-state index >= 15 is 0 Å². The van der Waals surface area contributed by atoms with Gasteiger partial charge in [-0.05, 0) is 24.3 Å². The summed E-state index contributed by atoms with van der Waals surface area (Å²) in [5.41, 5.74) is 5.11. The van der Waals surface area contributed by atoms with E-state index in [1.807, 2.05) is 0 Å². The number of aryl methyl sites for hydroxylation is 1. The number of pyridine rings is 1. The van der Waals surface area contributed by atoms with E-state index in [-0.39, 0.29) is 35.3 Å². The molecule has 0 saturated heterocycles. The highest BCUT2D eigenvalue weighted by molar-refractivity contribution is 5.93. The van der Waals surface area contributed by atoms with Crippen molar-refractivity contribution in [2.45, 2.75) is 12.8 Å². The third kappa shape index (κ3) is 4.51. The molecule has 170 valence electrons. The molecule has 33 heavy (non-hydrogen) atoms. The second-order valence-electron chi connectivity index (χ2n) is 6.78. The van der Waals surface area contributed by atoms with Crippen molar-refractivity contribution in [1.82, 2.24) is 24.9 Å². The lowest BCUT2D eigenvalue weighted by Gasteiger charge is -2.09. The van der Waals surface area contributed by atoms with E-state index in [1.165, 1.54) is 23.0 Å². The number of nitrogens with zero attached hydrogens (tertiary/aromatic N) is 5. The predicted octanol–water partition coefficient (Wildman–Crippen LogP) is 3.37. The van der Waals surface area contributed by atoms with Crippen LogP contribution in [0.15, 0.2) is 47.2 Å². The van der Waals surface area contributed by atoms with E-state index in [1.54, 1.807) is 7.05 Å². The number of carbonyl (C=O) groups excluding carboxylic acids is 1. The number of halogens is 4. The van der Waals surface area contributed by atoms with Crippen molar-refractivity contribution in [2.75, 3.05) is 0 Å². The summed E-state index contributed by atoms with van der Waals surface area (Å²) in [5.74, 6) is -1.60. The normalized spacial score (nSPS) is 11.5. The van der Waals surface area contributed by atoms with E-state index in [9.17, 15) is 22.4 Å². The minimum absolute atomic E-state index is 0.0130. The molecule has 0 spiro atoms. The molecule has 9 nitrogen and oxygen atoms in total. The number of ether oxygens (including phenoxy) is 1. The molecule has 4 rings (SSSR count). The number of carbonyl (C=O) groups is 1. The molecule has 2 N–H and O–H groups in total. The van der Waals surface area contributed by atoms with Crippen LogP contribution in [-0.4, -0.2) is 30.8 Å². The van der Waals surface area contributed by atoms with E-state index in [4.69, 9.17) is 15.0 Å². The number of rotatable bonds is 6. The van der Waals surface area contributed by atoms with Crippen molar-refractivity contribution in [2.24, 2.45) is 12.8 Å². The minimum atomic E-state index is -4.51. The summed E-state index contributed by atoms with van der Waals surface area (Å²) in [4.78, 5) is 19.2. The molecule has 0 atom stereocenters. The van der Waals surface area contributed by atoms with Crippen LogP contribution in [0.4, 0.5) is 17.6 Å². The van der Waals surface area contributed by atoms with Gasteiger partial charge < -0.3 is 15.0 Å². The molecular formula is C20H14F4N6O3. The number of hydrogen-bond donors (Lipinski definition) is 1. The molecule has 0 radical (unpaired) electrons.